The van der Waals surface area contributed by atoms with Crippen molar-refractivity contribution in [2.75, 3.05) is 0 Å². The molecular weight excluding hydrogens is 381 g/mol. The molecule has 4 aromatic carbocycles. The number of aryl methyl sites for hydroxylation is 1. The number of halogens is 4. The van der Waals surface area contributed by atoms with Gasteiger partial charge in [-0.3, -0.25) is 0 Å². The summed E-state index contributed by atoms with van der Waals surface area (Å²) < 4.78 is 41.6. The minimum absolute atomic E-state index is 0.156. The monoisotopic (exact) mass is 396 g/mol. The minimum atomic E-state index is -1.37. The van der Waals surface area contributed by atoms with Gasteiger partial charge in [-0.2, -0.15) is 0 Å². The van der Waals surface area contributed by atoms with Crippen molar-refractivity contribution < 1.29 is 13.2 Å². The van der Waals surface area contributed by atoms with Crippen molar-refractivity contribution in [3.63, 3.8) is 0 Å². The van der Waals surface area contributed by atoms with Crippen molar-refractivity contribution in [3.05, 3.63) is 94.8 Å². The Hall–Kier alpha value is -2.78. The zero-order valence-corrected chi connectivity index (χ0v) is 15.8. The van der Waals surface area contributed by atoms with E-state index in [4.69, 9.17) is 11.6 Å². The number of fused-ring (bicyclic) bond motifs is 1. The SMILES string of the molecule is CCc1ccc2cc(-c3ccc(-c4cc(F)c(Cl)c(F)c4F)cc3)ccc2c1. The van der Waals surface area contributed by atoms with Gasteiger partial charge >= 0.3 is 0 Å². The van der Waals surface area contributed by atoms with Crippen LogP contribution in [0.5, 0.6) is 0 Å². The molecule has 28 heavy (non-hydrogen) atoms. The maximum Gasteiger partial charge on any atom is 0.181 e. The molecule has 0 nitrogen and oxygen atoms in total. The lowest BCUT2D eigenvalue weighted by molar-refractivity contribution is 0.498. The fraction of sp³-hybridized carbons (Fsp3) is 0.0833. The van der Waals surface area contributed by atoms with Gasteiger partial charge in [0.2, 0.25) is 0 Å². The predicted molar refractivity (Wildman–Crippen MR) is 109 cm³/mol. The normalized spacial score (nSPS) is 11.2. The van der Waals surface area contributed by atoms with E-state index in [1.807, 2.05) is 6.07 Å². The Balaban J connectivity index is 1.72. The molecule has 0 aliphatic rings. The number of hydrogen-bond acceptors (Lipinski definition) is 0. The Bertz CT molecular complexity index is 1180. The summed E-state index contributed by atoms with van der Waals surface area (Å²) in [5, 5.41) is 1.47. The molecule has 0 radical (unpaired) electrons. The Morgan fingerprint density at radius 3 is 2.00 bits per heavy atom. The van der Waals surface area contributed by atoms with Crippen LogP contribution < -0.4 is 0 Å². The molecule has 0 fully saturated rings. The van der Waals surface area contributed by atoms with Gasteiger partial charge in [-0.15, -0.1) is 0 Å². The number of rotatable bonds is 3. The zero-order chi connectivity index (χ0) is 19.8. The van der Waals surface area contributed by atoms with Gasteiger partial charge in [0.25, 0.3) is 0 Å². The van der Waals surface area contributed by atoms with Gasteiger partial charge in [0, 0.05) is 5.56 Å². The summed E-state index contributed by atoms with van der Waals surface area (Å²) in [6, 6.07) is 20.4. The smallest absolute Gasteiger partial charge is 0.181 e. The maximum atomic E-state index is 14.2. The summed E-state index contributed by atoms with van der Waals surface area (Å²) in [5.41, 5.74) is 3.45. The second kappa shape index (κ2) is 7.33. The highest BCUT2D eigenvalue weighted by atomic mass is 35.5. The average molecular weight is 397 g/mol. The topological polar surface area (TPSA) is 0 Å². The van der Waals surface area contributed by atoms with Crippen molar-refractivity contribution in [3.8, 4) is 22.3 Å². The highest BCUT2D eigenvalue weighted by Crippen LogP contribution is 2.33. The van der Waals surface area contributed by atoms with E-state index in [1.165, 1.54) is 10.9 Å². The molecule has 0 N–H and O–H groups in total. The van der Waals surface area contributed by atoms with Gasteiger partial charge in [0.05, 0.1) is 0 Å². The van der Waals surface area contributed by atoms with Crippen LogP contribution in [-0.4, -0.2) is 0 Å². The van der Waals surface area contributed by atoms with Crippen LogP contribution in [0.2, 0.25) is 5.02 Å². The summed E-state index contributed by atoms with van der Waals surface area (Å²) in [6.45, 7) is 2.12. The van der Waals surface area contributed by atoms with Gasteiger partial charge < -0.3 is 0 Å². The van der Waals surface area contributed by atoms with Crippen molar-refractivity contribution in [2.24, 2.45) is 0 Å². The molecule has 0 unspecified atom stereocenters. The third-order valence-corrected chi connectivity index (χ3v) is 5.29. The van der Waals surface area contributed by atoms with E-state index in [-0.39, 0.29) is 5.56 Å². The van der Waals surface area contributed by atoms with E-state index in [2.05, 4.69) is 37.3 Å². The molecular formula is C24H16ClF3. The lowest BCUT2D eigenvalue weighted by Crippen LogP contribution is -1.94. The molecule has 0 heterocycles. The first-order chi connectivity index (χ1) is 13.5. The van der Waals surface area contributed by atoms with E-state index in [0.29, 0.717) is 5.56 Å². The van der Waals surface area contributed by atoms with Gasteiger partial charge in [0.1, 0.15) is 10.8 Å². The number of hydrogen-bond donors (Lipinski definition) is 0. The van der Waals surface area contributed by atoms with Gasteiger partial charge in [-0.1, -0.05) is 73.1 Å². The highest BCUT2D eigenvalue weighted by Gasteiger charge is 2.18. The Morgan fingerprint density at radius 1 is 0.679 bits per heavy atom. The summed E-state index contributed by atoms with van der Waals surface area (Å²) in [6.07, 6.45) is 0.988. The average Bonchev–Trinajstić information content (AvgIpc) is 2.74. The van der Waals surface area contributed by atoms with E-state index < -0.39 is 22.5 Å². The molecule has 0 amide bonds. The van der Waals surface area contributed by atoms with Crippen LogP contribution in [0, 0.1) is 17.5 Å². The zero-order valence-electron chi connectivity index (χ0n) is 15.1. The fourth-order valence-corrected chi connectivity index (χ4v) is 3.46. The van der Waals surface area contributed by atoms with E-state index in [9.17, 15) is 13.2 Å². The second-order valence-electron chi connectivity index (χ2n) is 6.68. The van der Waals surface area contributed by atoms with Crippen molar-refractivity contribution in [1.29, 1.82) is 0 Å². The van der Waals surface area contributed by atoms with Crippen LogP contribution in [0.1, 0.15) is 12.5 Å². The Kier molecular flexibility index (Phi) is 4.86. The van der Waals surface area contributed by atoms with Crippen molar-refractivity contribution in [2.45, 2.75) is 13.3 Å². The van der Waals surface area contributed by atoms with E-state index in [0.717, 1.165) is 29.0 Å². The van der Waals surface area contributed by atoms with Crippen LogP contribution in [0.4, 0.5) is 13.2 Å². The molecule has 0 saturated heterocycles. The molecule has 0 aromatic heterocycles. The summed E-state index contributed by atoms with van der Waals surface area (Å²) in [7, 11) is 0. The standard InChI is InChI=1S/C24H16ClF3/c1-2-14-3-4-19-12-18(10-9-17(19)11-14)15-5-7-16(8-6-15)20-13-21(26)22(25)24(28)23(20)27/h3-13H,2H2,1H3. The quantitative estimate of drug-likeness (QED) is 0.245. The second-order valence-corrected chi connectivity index (χ2v) is 7.05. The largest absolute Gasteiger partial charge is 0.205 e. The van der Waals surface area contributed by atoms with Crippen molar-refractivity contribution >= 4 is 22.4 Å². The highest BCUT2D eigenvalue weighted by molar-refractivity contribution is 6.31. The molecule has 0 bridgehead atoms. The number of benzene rings is 4. The Labute approximate surface area is 166 Å². The predicted octanol–water partition coefficient (Wildman–Crippen LogP) is 7.81. The molecule has 0 aliphatic heterocycles. The molecule has 4 aromatic rings. The van der Waals surface area contributed by atoms with E-state index in [1.54, 1.807) is 24.3 Å². The minimum Gasteiger partial charge on any atom is -0.205 e. The molecule has 4 rings (SSSR count). The Morgan fingerprint density at radius 2 is 1.29 bits per heavy atom. The fourth-order valence-electron chi connectivity index (χ4n) is 3.32. The molecule has 4 heteroatoms. The lowest BCUT2D eigenvalue weighted by atomic mass is 9.97. The molecule has 0 spiro atoms. The van der Waals surface area contributed by atoms with Crippen molar-refractivity contribution in [1.82, 2.24) is 0 Å². The van der Waals surface area contributed by atoms with Crippen LogP contribution in [0.15, 0.2) is 66.7 Å². The van der Waals surface area contributed by atoms with Crippen LogP contribution in [-0.2, 0) is 6.42 Å². The first-order valence-corrected chi connectivity index (χ1v) is 9.32. The molecule has 0 aliphatic carbocycles. The van der Waals surface area contributed by atoms with Crippen LogP contribution in [0.25, 0.3) is 33.0 Å². The van der Waals surface area contributed by atoms with E-state index >= 15 is 0 Å². The molecule has 0 saturated carbocycles. The summed E-state index contributed by atoms with van der Waals surface area (Å²) in [4.78, 5) is 0. The lowest BCUT2D eigenvalue weighted by Gasteiger charge is -2.09. The van der Waals surface area contributed by atoms with Gasteiger partial charge in [0.15, 0.2) is 11.6 Å². The third kappa shape index (κ3) is 3.27. The molecule has 0 atom stereocenters. The van der Waals surface area contributed by atoms with Crippen LogP contribution >= 0.6 is 11.6 Å². The maximum absolute atomic E-state index is 14.2. The van der Waals surface area contributed by atoms with Gasteiger partial charge in [-0.05, 0) is 51.6 Å². The third-order valence-electron chi connectivity index (χ3n) is 4.94. The summed E-state index contributed by atoms with van der Waals surface area (Å²) in [5.74, 6) is -3.51. The first-order valence-electron chi connectivity index (χ1n) is 8.94. The summed E-state index contributed by atoms with van der Waals surface area (Å²) >= 11 is 5.42. The van der Waals surface area contributed by atoms with Crippen LogP contribution in [0.3, 0.4) is 0 Å². The van der Waals surface area contributed by atoms with Gasteiger partial charge in [-0.25, -0.2) is 13.2 Å². The first kappa shape index (κ1) is 18.6. The molecule has 140 valence electrons.